The molecule has 1 atom stereocenters. The molecule has 3 aromatic heterocycles. The largest absolute Gasteiger partial charge is 0.494 e. The fourth-order valence-corrected chi connectivity index (χ4v) is 4.42. The molecule has 9 nitrogen and oxygen atoms in total. The Morgan fingerprint density at radius 3 is 2.82 bits per heavy atom. The van der Waals surface area contributed by atoms with Gasteiger partial charge in [-0.2, -0.15) is 5.10 Å². The van der Waals surface area contributed by atoms with E-state index >= 15 is 0 Å². The van der Waals surface area contributed by atoms with Crippen molar-refractivity contribution < 1.29 is 18.3 Å². The van der Waals surface area contributed by atoms with Gasteiger partial charge in [-0.1, -0.05) is 12.0 Å². The highest BCUT2D eigenvalue weighted by atomic mass is 32.2. The first-order valence-corrected chi connectivity index (χ1v) is 12.6. The normalized spacial score (nSPS) is 16.3. The van der Waals surface area contributed by atoms with E-state index < -0.39 is 23.5 Å². The number of carbonyl (C=O) groups excluding carboxylic acids is 1. The summed E-state index contributed by atoms with van der Waals surface area (Å²) in [5.74, 6) is 6.37. The van der Waals surface area contributed by atoms with Crippen molar-refractivity contribution in [2.75, 3.05) is 7.11 Å². The molecule has 1 amide bonds. The van der Waals surface area contributed by atoms with E-state index in [0.29, 0.717) is 16.5 Å². The van der Waals surface area contributed by atoms with E-state index in [4.69, 9.17) is 4.74 Å². The van der Waals surface area contributed by atoms with Gasteiger partial charge in [-0.25, -0.2) is 13.8 Å². The van der Waals surface area contributed by atoms with Crippen molar-refractivity contribution in [3.05, 3.63) is 70.0 Å². The molecule has 38 heavy (non-hydrogen) atoms. The number of nitrogens with one attached hydrogen (secondary N) is 2. The average molecular weight is 537 g/mol. The monoisotopic (exact) mass is 536 g/mol. The van der Waals surface area contributed by atoms with Crippen molar-refractivity contribution in [2.24, 2.45) is 11.0 Å². The topological polar surface area (TPSA) is 111 Å². The second kappa shape index (κ2) is 10.6. The van der Waals surface area contributed by atoms with Crippen LogP contribution in [-0.4, -0.2) is 38.1 Å². The minimum absolute atomic E-state index is 0.0825. The van der Waals surface area contributed by atoms with E-state index in [-0.39, 0.29) is 33.8 Å². The van der Waals surface area contributed by atoms with Crippen LogP contribution in [-0.2, 0) is 0 Å². The summed E-state index contributed by atoms with van der Waals surface area (Å²) in [4.78, 5) is 34.2. The lowest BCUT2D eigenvalue weighted by Crippen LogP contribution is -2.39. The second-order valence-corrected chi connectivity index (χ2v) is 9.72. The molecule has 0 saturated heterocycles. The lowest BCUT2D eigenvalue weighted by molar-refractivity contribution is 0.0946. The highest BCUT2D eigenvalue weighted by molar-refractivity contribution is 8.15. The molecular formula is C26H22F2N6O3S. The van der Waals surface area contributed by atoms with E-state index in [2.05, 4.69) is 37.7 Å². The number of pyridine rings is 3. The Morgan fingerprint density at radius 1 is 1.26 bits per heavy atom. The van der Waals surface area contributed by atoms with Crippen LogP contribution in [0.5, 0.6) is 5.75 Å². The predicted octanol–water partition coefficient (Wildman–Crippen LogP) is 3.63. The Morgan fingerprint density at radius 2 is 2.08 bits per heavy atom. The van der Waals surface area contributed by atoms with Crippen LogP contribution < -0.4 is 21.0 Å². The van der Waals surface area contributed by atoms with Crippen molar-refractivity contribution >= 4 is 22.7 Å². The minimum Gasteiger partial charge on any atom is -0.494 e. The Kier molecular flexibility index (Phi) is 7.11. The van der Waals surface area contributed by atoms with Crippen LogP contribution in [0.4, 0.5) is 8.78 Å². The van der Waals surface area contributed by atoms with Crippen molar-refractivity contribution in [3.8, 4) is 34.5 Å². The van der Waals surface area contributed by atoms with Crippen molar-refractivity contribution in [1.29, 1.82) is 0 Å². The molecule has 2 N–H and O–H groups in total. The summed E-state index contributed by atoms with van der Waals surface area (Å²) in [5.41, 5.74) is 2.45. The lowest BCUT2D eigenvalue weighted by atomic mass is 10.00. The van der Waals surface area contributed by atoms with Crippen LogP contribution in [0.2, 0.25) is 0 Å². The molecule has 1 aliphatic carbocycles. The van der Waals surface area contributed by atoms with E-state index in [1.807, 2.05) is 0 Å². The number of thioether (sulfide) groups is 1. The molecule has 12 heteroatoms. The van der Waals surface area contributed by atoms with Gasteiger partial charge in [-0.3, -0.25) is 24.6 Å². The number of hydrogen-bond donors (Lipinski definition) is 2. The van der Waals surface area contributed by atoms with Gasteiger partial charge in [0.15, 0.2) is 10.5 Å². The number of alkyl halides is 2. The Balaban J connectivity index is 1.53. The van der Waals surface area contributed by atoms with E-state index in [9.17, 15) is 18.4 Å². The third-order valence-corrected chi connectivity index (χ3v) is 6.75. The maximum atomic E-state index is 13.5. The van der Waals surface area contributed by atoms with Crippen molar-refractivity contribution in [3.63, 3.8) is 0 Å². The molecule has 4 heterocycles. The number of hydrazone groups is 1. The standard InChI is InChI=1S/C26H22F2N6O3S/c1-14-4-3-9-34(25(14)36)21-11-16(17-10-19(23(27)28)29-13-20(17)37-2)18(12-30-21)24(35)31-26-33-32-22(38-26)8-7-15-5-6-15/h3-4,9-13,15,23,26,33H,5-6H2,1-2H3,(H,31,35). The highest BCUT2D eigenvalue weighted by Gasteiger charge is 2.26. The zero-order chi connectivity index (χ0) is 26.8. The van der Waals surface area contributed by atoms with Crippen LogP contribution in [0.3, 0.4) is 0 Å². The molecule has 0 aromatic carbocycles. The van der Waals surface area contributed by atoms with Gasteiger partial charge >= 0.3 is 0 Å². The molecule has 2 aliphatic rings. The lowest BCUT2D eigenvalue weighted by Gasteiger charge is -2.17. The number of amides is 1. The molecule has 5 rings (SSSR count). The first-order valence-electron chi connectivity index (χ1n) is 11.7. The first-order chi connectivity index (χ1) is 18.3. The summed E-state index contributed by atoms with van der Waals surface area (Å²) >= 11 is 1.26. The number of methoxy groups -OCH3 is 1. The van der Waals surface area contributed by atoms with Gasteiger partial charge in [0.05, 0.1) is 18.9 Å². The van der Waals surface area contributed by atoms with Crippen LogP contribution in [0.25, 0.3) is 16.9 Å². The molecule has 194 valence electrons. The molecule has 1 unspecified atom stereocenters. The number of hydrogen-bond acceptors (Lipinski definition) is 8. The van der Waals surface area contributed by atoms with Crippen LogP contribution >= 0.6 is 11.8 Å². The minimum atomic E-state index is -2.84. The van der Waals surface area contributed by atoms with Gasteiger partial charge in [0.1, 0.15) is 17.3 Å². The molecular weight excluding hydrogens is 514 g/mol. The molecule has 1 aliphatic heterocycles. The zero-order valence-corrected chi connectivity index (χ0v) is 21.2. The number of aromatic nitrogens is 3. The van der Waals surface area contributed by atoms with Gasteiger partial charge in [0.25, 0.3) is 17.9 Å². The summed E-state index contributed by atoms with van der Waals surface area (Å²) < 4.78 is 33.8. The molecule has 0 bridgehead atoms. The van der Waals surface area contributed by atoms with E-state index in [0.717, 1.165) is 18.9 Å². The van der Waals surface area contributed by atoms with Gasteiger partial charge < -0.3 is 10.1 Å². The zero-order valence-electron chi connectivity index (χ0n) is 20.4. The molecule has 0 radical (unpaired) electrons. The Bertz CT molecular complexity index is 1560. The Hall–Kier alpha value is -4.24. The SMILES string of the molecule is COc1cnc(C(F)F)cc1-c1cc(-n2cccc(C)c2=O)ncc1C(=O)NC1NN=C(C#CC2CC2)S1. The van der Waals surface area contributed by atoms with Crippen molar-refractivity contribution in [1.82, 2.24) is 25.3 Å². The Labute approximate surface area is 220 Å². The fourth-order valence-electron chi connectivity index (χ4n) is 3.70. The third-order valence-electron chi connectivity index (χ3n) is 5.88. The van der Waals surface area contributed by atoms with Gasteiger partial charge in [0.2, 0.25) is 0 Å². The number of rotatable bonds is 6. The van der Waals surface area contributed by atoms with E-state index in [1.54, 1.807) is 19.1 Å². The quantitative estimate of drug-likeness (QED) is 0.463. The smallest absolute Gasteiger partial charge is 0.280 e. The summed E-state index contributed by atoms with van der Waals surface area (Å²) in [6, 6.07) is 6.00. The highest BCUT2D eigenvalue weighted by Crippen LogP contribution is 2.35. The maximum absolute atomic E-state index is 13.5. The first kappa shape index (κ1) is 25.4. The number of ether oxygens (including phenoxy) is 1. The number of nitrogens with zero attached hydrogens (tertiary/aromatic N) is 4. The van der Waals surface area contributed by atoms with Crippen LogP contribution in [0.15, 0.2) is 52.8 Å². The predicted molar refractivity (Wildman–Crippen MR) is 139 cm³/mol. The summed E-state index contributed by atoms with van der Waals surface area (Å²) in [6.07, 6.45) is 3.34. The molecule has 1 fully saturated rings. The summed E-state index contributed by atoms with van der Waals surface area (Å²) in [5, 5.41) is 7.52. The maximum Gasteiger partial charge on any atom is 0.280 e. The molecule has 3 aromatic rings. The van der Waals surface area contributed by atoms with E-state index in [1.165, 1.54) is 48.1 Å². The fraction of sp³-hybridized carbons (Fsp3) is 0.269. The molecule has 0 spiro atoms. The van der Waals surface area contributed by atoms with Crippen LogP contribution in [0, 0.1) is 24.7 Å². The van der Waals surface area contributed by atoms with Gasteiger partial charge in [-0.05, 0) is 55.6 Å². The number of carbonyl (C=O) groups is 1. The second-order valence-electron chi connectivity index (χ2n) is 8.63. The molecule has 1 saturated carbocycles. The number of halogens is 2. The summed E-state index contributed by atoms with van der Waals surface area (Å²) in [7, 11) is 1.37. The van der Waals surface area contributed by atoms with Gasteiger partial charge in [0, 0.05) is 35.0 Å². The average Bonchev–Trinajstić information content (AvgIpc) is 3.65. The van der Waals surface area contributed by atoms with Crippen LogP contribution in [0.1, 0.15) is 40.9 Å². The number of aryl methyl sites for hydroxylation is 1. The summed E-state index contributed by atoms with van der Waals surface area (Å²) in [6.45, 7) is 1.67. The van der Waals surface area contributed by atoms with Gasteiger partial charge in [-0.15, -0.1) is 0 Å². The van der Waals surface area contributed by atoms with Crippen molar-refractivity contribution in [2.45, 2.75) is 31.7 Å². The third kappa shape index (κ3) is 5.38.